The van der Waals surface area contributed by atoms with Crippen LogP contribution in [0, 0.1) is 0 Å². The topological polar surface area (TPSA) is 47.9 Å². The largest absolute Gasteiger partial charge is 0.507 e. The number of hydrogen-bond donors (Lipinski definition) is 1. The first-order chi connectivity index (χ1) is 16.1. The van der Waals surface area contributed by atoms with Gasteiger partial charge in [0.1, 0.15) is 23.0 Å². The summed E-state index contributed by atoms with van der Waals surface area (Å²) in [4.78, 5) is 3.90. The van der Waals surface area contributed by atoms with Crippen LogP contribution in [0.25, 0.3) is 11.1 Å². The van der Waals surface area contributed by atoms with E-state index in [2.05, 4.69) is 0 Å². The first-order valence-electron chi connectivity index (χ1n) is 10.3. The molecule has 0 fully saturated rings. The minimum absolute atomic E-state index is 0.137. The van der Waals surface area contributed by atoms with E-state index in [1.807, 2.05) is 78.9 Å². The van der Waals surface area contributed by atoms with Crippen LogP contribution in [0.5, 0.6) is 23.0 Å². The number of ether oxygens (including phenoxy) is 3. The number of aromatic hydroxyl groups is 1. The van der Waals surface area contributed by atoms with Gasteiger partial charge in [0.2, 0.25) is 0 Å². The Morgan fingerprint density at radius 3 is 1.48 bits per heavy atom. The lowest BCUT2D eigenvalue weighted by atomic mass is 10.0. The molecule has 0 radical (unpaired) electrons. The Hall–Kier alpha value is -3.22. The third-order valence-electron chi connectivity index (χ3n) is 5.00. The molecule has 0 unspecified atom stereocenters. The predicted octanol–water partition coefficient (Wildman–Crippen LogP) is 7.39. The van der Waals surface area contributed by atoms with Crippen molar-refractivity contribution < 1.29 is 19.3 Å². The molecule has 0 aliphatic carbocycles. The maximum atomic E-state index is 11.0. The fourth-order valence-electron chi connectivity index (χ4n) is 3.40. The molecule has 4 aromatic rings. The minimum atomic E-state index is 0.137. The zero-order valence-electron chi connectivity index (χ0n) is 18.6. The summed E-state index contributed by atoms with van der Waals surface area (Å²) in [5, 5.41) is 11.0. The van der Waals surface area contributed by atoms with Gasteiger partial charge in [-0.25, -0.2) is 0 Å². The molecular weight excluding hydrogens is 452 g/mol. The van der Waals surface area contributed by atoms with Crippen molar-refractivity contribution in [1.29, 1.82) is 0 Å². The molecule has 0 atom stereocenters. The van der Waals surface area contributed by atoms with Crippen LogP contribution >= 0.6 is 23.5 Å². The molecule has 0 bridgehead atoms. The van der Waals surface area contributed by atoms with Crippen molar-refractivity contribution in [3.05, 3.63) is 84.9 Å². The van der Waals surface area contributed by atoms with Crippen LogP contribution < -0.4 is 14.2 Å². The summed E-state index contributed by atoms with van der Waals surface area (Å²) in [5.74, 6) is 2.13. The fourth-order valence-corrected chi connectivity index (χ4v) is 5.31. The summed E-state index contributed by atoms with van der Waals surface area (Å²) in [7, 11) is 4.89. The van der Waals surface area contributed by atoms with Gasteiger partial charge >= 0.3 is 0 Å². The average molecular weight is 477 g/mol. The third kappa shape index (κ3) is 5.24. The van der Waals surface area contributed by atoms with E-state index in [0.717, 1.165) is 25.1 Å². The Morgan fingerprint density at radius 1 is 0.545 bits per heavy atom. The van der Waals surface area contributed by atoms with Crippen LogP contribution in [0.4, 0.5) is 0 Å². The summed E-state index contributed by atoms with van der Waals surface area (Å²) >= 11 is 3.13. The van der Waals surface area contributed by atoms with E-state index in [0.29, 0.717) is 22.8 Å². The quantitative estimate of drug-likeness (QED) is 0.286. The standard InChI is InChI=1S/C27H24O4S2/c1-29-23-17-27(33-19-12-8-5-9-13-19)25(31-3)15-21(23)20-14-24(30-2)26(16-22(20)28)32-18-10-6-4-7-11-18/h4-17,28H,1-3H3. The lowest BCUT2D eigenvalue weighted by Crippen LogP contribution is -1.95. The second kappa shape index (κ2) is 10.6. The normalized spacial score (nSPS) is 10.6. The van der Waals surface area contributed by atoms with Crippen molar-refractivity contribution in [1.82, 2.24) is 0 Å². The molecule has 0 aromatic heterocycles. The van der Waals surface area contributed by atoms with Crippen molar-refractivity contribution in [2.45, 2.75) is 19.6 Å². The van der Waals surface area contributed by atoms with Gasteiger partial charge in [0, 0.05) is 20.9 Å². The van der Waals surface area contributed by atoms with E-state index in [4.69, 9.17) is 14.2 Å². The predicted molar refractivity (Wildman–Crippen MR) is 134 cm³/mol. The molecular formula is C27H24O4S2. The summed E-state index contributed by atoms with van der Waals surface area (Å²) < 4.78 is 17.1. The highest BCUT2D eigenvalue weighted by Gasteiger charge is 2.19. The lowest BCUT2D eigenvalue weighted by molar-refractivity contribution is 0.394. The van der Waals surface area contributed by atoms with Crippen LogP contribution in [0.3, 0.4) is 0 Å². The van der Waals surface area contributed by atoms with E-state index in [1.165, 1.54) is 11.8 Å². The Morgan fingerprint density at radius 2 is 1.00 bits per heavy atom. The zero-order chi connectivity index (χ0) is 23.2. The van der Waals surface area contributed by atoms with E-state index in [1.54, 1.807) is 39.2 Å². The van der Waals surface area contributed by atoms with Crippen LogP contribution in [0.2, 0.25) is 0 Å². The second-order valence-electron chi connectivity index (χ2n) is 7.05. The van der Waals surface area contributed by atoms with E-state index >= 15 is 0 Å². The van der Waals surface area contributed by atoms with Crippen molar-refractivity contribution >= 4 is 23.5 Å². The Balaban J connectivity index is 1.76. The van der Waals surface area contributed by atoms with Gasteiger partial charge in [-0.2, -0.15) is 0 Å². The van der Waals surface area contributed by atoms with Crippen LogP contribution in [-0.2, 0) is 0 Å². The highest BCUT2D eigenvalue weighted by atomic mass is 32.2. The molecule has 4 aromatic carbocycles. The fraction of sp³-hybridized carbons (Fsp3) is 0.111. The van der Waals surface area contributed by atoms with Crippen molar-refractivity contribution in [3.63, 3.8) is 0 Å². The van der Waals surface area contributed by atoms with Gasteiger partial charge in [-0.15, -0.1) is 0 Å². The van der Waals surface area contributed by atoms with Crippen LogP contribution in [-0.4, -0.2) is 26.4 Å². The maximum Gasteiger partial charge on any atom is 0.133 e. The van der Waals surface area contributed by atoms with Crippen LogP contribution in [0.15, 0.2) is 105 Å². The number of methoxy groups -OCH3 is 3. The van der Waals surface area contributed by atoms with Gasteiger partial charge in [-0.1, -0.05) is 59.9 Å². The Labute approximate surface area is 202 Å². The molecule has 33 heavy (non-hydrogen) atoms. The number of phenolic OH excluding ortho intramolecular Hbond substituents is 1. The number of rotatable bonds is 8. The summed E-state index contributed by atoms with van der Waals surface area (Å²) in [6, 6.07) is 27.4. The van der Waals surface area contributed by atoms with Gasteiger partial charge in [-0.05, 0) is 48.5 Å². The summed E-state index contributed by atoms with van der Waals surface area (Å²) in [5.41, 5.74) is 1.33. The van der Waals surface area contributed by atoms with E-state index < -0.39 is 0 Å². The highest BCUT2D eigenvalue weighted by Crippen LogP contribution is 2.48. The Bertz CT molecular complexity index is 1230. The van der Waals surface area contributed by atoms with Crippen LogP contribution in [0.1, 0.15) is 0 Å². The van der Waals surface area contributed by atoms with Crippen molar-refractivity contribution in [2.75, 3.05) is 21.3 Å². The molecule has 0 aliphatic rings. The number of phenols is 1. The van der Waals surface area contributed by atoms with Gasteiger partial charge in [0.25, 0.3) is 0 Å². The molecule has 0 amide bonds. The Kier molecular flexibility index (Phi) is 7.37. The monoisotopic (exact) mass is 476 g/mol. The molecule has 0 saturated heterocycles. The molecule has 1 N–H and O–H groups in total. The molecule has 4 rings (SSSR count). The smallest absolute Gasteiger partial charge is 0.133 e. The zero-order valence-corrected chi connectivity index (χ0v) is 20.2. The van der Waals surface area contributed by atoms with E-state index in [-0.39, 0.29) is 5.75 Å². The lowest BCUT2D eigenvalue weighted by Gasteiger charge is -2.17. The molecule has 0 spiro atoms. The molecule has 6 heteroatoms. The SMILES string of the molecule is COc1cc(-c2cc(OC)c(Sc3ccccc3)cc2OC)c(O)cc1Sc1ccccc1. The minimum Gasteiger partial charge on any atom is -0.507 e. The number of benzene rings is 4. The van der Waals surface area contributed by atoms with E-state index in [9.17, 15) is 5.11 Å². The maximum absolute atomic E-state index is 11.0. The summed E-state index contributed by atoms with van der Waals surface area (Å²) in [6.07, 6.45) is 0. The molecule has 0 saturated carbocycles. The summed E-state index contributed by atoms with van der Waals surface area (Å²) in [6.45, 7) is 0. The number of hydrogen-bond acceptors (Lipinski definition) is 6. The first kappa shape index (κ1) is 23.0. The van der Waals surface area contributed by atoms with Crippen molar-refractivity contribution in [2.24, 2.45) is 0 Å². The molecule has 0 aliphatic heterocycles. The highest BCUT2D eigenvalue weighted by molar-refractivity contribution is 7.99. The molecule has 0 heterocycles. The van der Waals surface area contributed by atoms with Gasteiger partial charge < -0.3 is 19.3 Å². The van der Waals surface area contributed by atoms with Gasteiger partial charge in [0.05, 0.1) is 31.1 Å². The van der Waals surface area contributed by atoms with Gasteiger partial charge in [0.15, 0.2) is 0 Å². The molecule has 4 nitrogen and oxygen atoms in total. The second-order valence-corrected chi connectivity index (χ2v) is 9.28. The van der Waals surface area contributed by atoms with Gasteiger partial charge in [-0.3, -0.25) is 0 Å². The molecule has 168 valence electrons. The average Bonchev–Trinajstić information content (AvgIpc) is 2.85. The third-order valence-corrected chi connectivity index (χ3v) is 7.09. The first-order valence-corrected chi connectivity index (χ1v) is 11.9. The van der Waals surface area contributed by atoms with Crippen molar-refractivity contribution in [3.8, 4) is 34.1 Å².